The van der Waals surface area contributed by atoms with Crippen LogP contribution in [0.2, 0.25) is 0 Å². The molecule has 0 unspecified atom stereocenters. The third-order valence-corrected chi connectivity index (χ3v) is 6.74. The molecule has 8 heteroatoms. The number of halogens is 1. The van der Waals surface area contributed by atoms with Gasteiger partial charge in [0, 0.05) is 23.1 Å². The Kier molecular flexibility index (Phi) is 5.67. The van der Waals surface area contributed by atoms with Crippen molar-refractivity contribution in [3.05, 3.63) is 89.7 Å². The molecule has 31 heavy (non-hydrogen) atoms. The molecule has 0 aliphatic heterocycles. The first-order valence-corrected chi connectivity index (χ1v) is 12.0. The molecule has 0 fully saturated rings. The minimum atomic E-state index is -3.53. The Morgan fingerprint density at radius 3 is 2.26 bits per heavy atom. The number of sulfone groups is 1. The Morgan fingerprint density at radius 2 is 1.58 bits per heavy atom. The van der Waals surface area contributed by atoms with Gasteiger partial charge in [-0.25, -0.2) is 17.8 Å². The largest absolute Gasteiger partial charge is 0.320 e. The van der Waals surface area contributed by atoms with Gasteiger partial charge in [-0.3, -0.25) is 4.79 Å². The summed E-state index contributed by atoms with van der Waals surface area (Å²) < 4.78 is 38.2. The van der Waals surface area contributed by atoms with Gasteiger partial charge in [-0.15, -0.1) is 11.3 Å². The van der Waals surface area contributed by atoms with E-state index in [0.717, 1.165) is 17.6 Å². The molecule has 0 aliphatic carbocycles. The fourth-order valence-electron chi connectivity index (χ4n) is 3.09. The highest BCUT2D eigenvalue weighted by Gasteiger charge is 2.23. The van der Waals surface area contributed by atoms with E-state index in [1.165, 1.54) is 18.2 Å². The standard InChI is InChI=1S/C23H17FN2O3S2/c1-31(28,29)19-10-6-5-9-18(19)21-20(15-11-13-16(24)14-12-15)26-23(30-21)22(27)25-17-7-3-2-4-8-17/h2-14H,1H3,(H,25,27). The number of benzene rings is 3. The number of hydrogen-bond acceptors (Lipinski definition) is 5. The van der Waals surface area contributed by atoms with Gasteiger partial charge in [0.05, 0.1) is 15.5 Å². The lowest BCUT2D eigenvalue weighted by Gasteiger charge is -2.08. The molecule has 1 aromatic heterocycles. The fourth-order valence-corrected chi connectivity index (χ4v) is 5.07. The van der Waals surface area contributed by atoms with E-state index in [0.29, 0.717) is 27.4 Å². The van der Waals surface area contributed by atoms with E-state index in [1.54, 1.807) is 54.6 Å². The van der Waals surface area contributed by atoms with E-state index in [1.807, 2.05) is 6.07 Å². The molecule has 0 radical (unpaired) electrons. The van der Waals surface area contributed by atoms with Crippen molar-refractivity contribution >= 4 is 32.8 Å². The van der Waals surface area contributed by atoms with Crippen LogP contribution in [-0.4, -0.2) is 25.6 Å². The van der Waals surface area contributed by atoms with Gasteiger partial charge in [-0.1, -0.05) is 36.4 Å². The summed E-state index contributed by atoms with van der Waals surface area (Å²) in [6, 6.07) is 21.2. The van der Waals surface area contributed by atoms with Gasteiger partial charge in [-0.05, 0) is 42.5 Å². The summed E-state index contributed by atoms with van der Waals surface area (Å²) in [7, 11) is -3.53. The fraction of sp³-hybridized carbons (Fsp3) is 0.0435. The monoisotopic (exact) mass is 452 g/mol. The highest BCUT2D eigenvalue weighted by atomic mass is 32.2. The molecular formula is C23H17FN2O3S2. The molecule has 1 amide bonds. The number of aromatic nitrogens is 1. The summed E-state index contributed by atoms with van der Waals surface area (Å²) in [4.78, 5) is 18.0. The van der Waals surface area contributed by atoms with Crippen molar-refractivity contribution in [3.63, 3.8) is 0 Å². The first kappa shape index (κ1) is 20.9. The maximum atomic E-state index is 13.5. The Bertz CT molecular complexity index is 1350. The average molecular weight is 453 g/mol. The van der Waals surface area contributed by atoms with Crippen molar-refractivity contribution in [2.45, 2.75) is 4.90 Å². The normalized spacial score (nSPS) is 11.3. The molecule has 0 spiro atoms. The van der Waals surface area contributed by atoms with Gasteiger partial charge in [0.1, 0.15) is 5.82 Å². The molecule has 0 atom stereocenters. The van der Waals surface area contributed by atoms with Crippen LogP contribution in [0.1, 0.15) is 9.80 Å². The maximum absolute atomic E-state index is 13.5. The Morgan fingerprint density at radius 1 is 0.935 bits per heavy atom. The highest BCUT2D eigenvalue weighted by Crippen LogP contribution is 2.40. The summed E-state index contributed by atoms with van der Waals surface area (Å²) in [5.41, 5.74) is 2.05. The van der Waals surface area contributed by atoms with Crippen LogP contribution in [0.5, 0.6) is 0 Å². The van der Waals surface area contributed by atoms with Crippen molar-refractivity contribution in [1.82, 2.24) is 4.98 Å². The van der Waals surface area contributed by atoms with Crippen molar-refractivity contribution in [1.29, 1.82) is 0 Å². The number of carbonyl (C=O) groups excluding carboxylic acids is 1. The minimum absolute atomic E-state index is 0.136. The number of nitrogens with zero attached hydrogens (tertiary/aromatic N) is 1. The zero-order valence-electron chi connectivity index (χ0n) is 16.4. The molecule has 4 rings (SSSR count). The van der Waals surface area contributed by atoms with E-state index >= 15 is 0 Å². The summed E-state index contributed by atoms with van der Waals surface area (Å²) >= 11 is 1.09. The van der Waals surface area contributed by atoms with Crippen LogP contribution < -0.4 is 5.32 Å². The van der Waals surface area contributed by atoms with Crippen molar-refractivity contribution in [3.8, 4) is 21.7 Å². The summed E-state index contributed by atoms with van der Waals surface area (Å²) in [6.07, 6.45) is 1.13. The molecule has 0 saturated heterocycles. The van der Waals surface area contributed by atoms with Gasteiger partial charge in [-0.2, -0.15) is 0 Å². The van der Waals surface area contributed by atoms with E-state index < -0.39 is 21.6 Å². The molecule has 1 N–H and O–H groups in total. The first-order valence-electron chi connectivity index (χ1n) is 9.25. The molecule has 0 aliphatic rings. The number of thiazole rings is 1. The lowest BCUT2D eigenvalue weighted by atomic mass is 10.1. The molecule has 4 aromatic rings. The summed E-state index contributed by atoms with van der Waals surface area (Å²) in [5.74, 6) is -0.818. The second kappa shape index (κ2) is 8.41. The molecule has 156 valence electrons. The SMILES string of the molecule is CS(=O)(=O)c1ccccc1-c1sc(C(=O)Nc2ccccc2)nc1-c1ccc(F)cc1. The van der Waals surface area contributed by atoms with Gasteiger partial charge in [0.25, 0.3) is 5.91 Å². The van der Waals surface area contributed by atoms with Crippen LogP contribution in [0.3, 0.4) is 0 Å². The molecule has 5 nitrogen and oxygen atoms in total. The Hall–Kier alpha value is -3.36. The first-order chi connectivity index (χ1) is 14.8. The second-order valence-electron chi connectivity index (χ2n) is 6.79. The molecule has 0 saturated carbocycles. The number of anilines is 1. The lowest BCUT2D eigenvalue weighted by molar-refractivity contribution is 0.102. The van der Waals surface area contributed by atoms with Crippen molar-refractivity contribution in [2.24, 2.45) is 0 Å². The predicted octanol–water partition coefficient (Wildman–Crippen LogP) is 5.27. The van der Waals surface area contributed by atoms with Crippen molar-refractivity contribution in [2.75, 3.05) is 11.6 Å². The molecular weight excluding hydrogens is 435 g/mol. The summed E-state index contributed by atoms with van der Waals surface area (Å²) in [5, 5.41) is 2.95. The number of rotatable bonds is 5. The van der Waals surface area contributed by atoms with Gasteiger partial charge >= 0.3 is 0 Å². The summed E-state index contributed by atoms with van der Waals surface area (Å²) in [6.45, 7) is 0. The van der Waals surface area contributed by atoms with Crippen molar-refractivity contribution < 1.29 is 17.6 Å². The van der Waals surface area contributed by atoms with Crippen LogP contribution >= 0.6 is 11.3 Å². The maximum Gasteiger partial charge on any atom is 0.284 e. The van der Waals surface area contributed by atoms with E-state index in [2.05, 4.69) is 10.3 Å². The zero-order valence-corrected chi connectivity index (χ0v) is 18.0. The van der Waals surface area contributed by atoms with E-state index in [9.17, 15) is 17.6 Å². The van der Waals surface area contributed by atoms with Crippen LogP contribution in [-0.2, 0) is 9.84 Å². The van der Waals surface area contributed by atoms with Crippen LogP contribution in [0, 0.1) is 5.82 Å². The Labute approximate surface area is 183 Å². The minimum Gasteiger partial charge on any atom is -0.320 e. The molecule has 1 heterocycles. The topological polar surface area (TPSA) is 76.1 Å². The number of amides is 1. The molecule has 0 bridgehead atoms. The van der Waals surface area contributed by atoms with E-state index in [-0.39, 0.29) is 9.90 Å². The number of hydrogen-bond donors (Lipinski definition) is 1. The predicted molar refractivity (Wildman–Crippen MR) is 120 cm³/mol. The third-order valence-electron chi connectivity index (χ3n) is 4.50. The third kappa shape index (κ3) is 4.55. The quantitative estimate of drug-likeness (QED) is 0.447. The van der Waals surface area contributed by atoms with Crippen LogP contribution in [0.25, 0.3) is 21.7 Å². The number of carbonyl (C=O) groups is 1. The zero-order chi connectivity index (χ0) is 22.0. The van der Waals surface area contributed by atoms with Gasteiger partial charge < -0.3 is 5.32 Å². The second-order valence-corrected chi connectivity index (χ2v) is 9.78. The Balaban J connectivity index is 1.86. The average Bonchev–Trinajstić information content (AvgIpc) is 3.20. The number of para-hydroxylation sites is 1. The van der Waals surface area contributed by atoms with E-state index in [4.69, 9.17) is 0 Å². The number of nitrogens with one attached hydrogen (secondary N) is 1. The smallest absolute Gasteiger partial charge is 0.284 e. The van der Waals surface area contributed by atoms with Crippen LogP contribution in [0.4, 0.5) is 10.1 Å². The van der Waals surface area contributed by atoms with Gasteiger partial charge in [0.15, 0.2) is 14.8 Å². The highest BCUT2D eigenvalue weighted by molar-refractivity contribution is 7.90. The van der Waals surface area contributed by atoms with Crippen LogP contribution in [0.15, 0.2) is 83.8 Å². The molecule has 3 aromatic carbocycles. The van der Waals surface area contributed by atoms with Gasteiger partial charge in [0.2, 0.25) is 0 Å². The lowest BCUT2D eigenvalue weighted by Crippen LogP contribution is -2.11.